The van der Waals surface area contributed by atoms with Crippen LogP contribution >= 0.6 is 11.6 Å². The first-order valence-electron chi connectivity index (χ1n) is 8.12. The number of nitrogens with one attached hydrogen (secondary N) is 2. The maximum atomic E-state index is 6.21. The van der Waals surface area contributed by atoms with Crippen molar-refractivity contribution in [3.8, 4) is 0 Å². The van der Waals surface area contributed by atoms with Crippen molar-refractivity contribution in [2.45, 2.75) is 6.54 Å². The van der Waals surface area contributed by atoms with Crippen molar-refractivity contribution in [1.82, 2.24) is 4.98 Å². The van der Waals surface area contributed by atoms with Crippen LogP contribution in [-0.4, -0.2) is 23.1 Å². The lowest BCUT2D eigenvalue weighted by Gasteiger charge is -2.10. The minimum absolute atomic E-state index is 0.494. The maximum Gasteiger partial charge on any atom is 0.123 e. The molecule has 1 aliphatic heterocycles. The van der Waals surface area contributed by atoms with E-state index in [0.717, 1.165) is 28.5 Å². The number of fused-ring (bicyclic) bond motifs is 1. The fraction of sp³-hybridized carbons (Fsp3) is 0.100. The van der Waals surface area contributed by atoms with Crippen LogP contribution in [0.25, 0.3) is 0 Å². The Balaban J connectivity index is 1.70. The molecule has 0 saturated carbocycles. The number of rotatable bonds is 3. The number of H-pyrrole nitrogens is 1. The van der Waals surface area contributed by atoms with Gasteiger partial charge in [0.1, 0.15) is 5.84 Å². The molecular formula is C20H17ClN4. The second-order valence-electron chi connectivity index (χ2n) is 5.81. The van der Waals surface area contributed by atoms with Gasteiger partial charge in [-0.15, -0.1) is 0 Å². The van der Waals surface area contributed by atoms with E-state index in [4.69, 9.17) is 21.6 Å². The van der Waals surface area contributed by atoms with E-state index in [1.165, 1.54) is 5.56 Å². The predicted octanol–water partition coefficient (Wildman–Crippen LogP) is 4.53. The van der Waals surface area contributed by atoms with Crippen LogP contribution in [0.3, 0.4) is 0 Å². The third kappa shape index (κ3) is 3.49. The topological polar surface area (TPSA) is 52.5 Å². The molecule has 1 aliphatic rings. The molecule has 4 rings (SSSR count). The summed E-state index contributed by atoms with van der Waals surface area (Å²) in [6.07, 6.45) is 1.89. The Hall–Kier alpha value is -2.85. The average molecular weight is 349 g/mol. The van der Waals surface area contributed by atoms with Crippen LogP contribution in [0.1, 0.15) is 16.8 Å². The zero-order valence-electron chi connectivity index (χ0n) is 13.5. The van der Waals surface area contributed by atoms with Crippen LogP contribution in [0, 0.1) is 0 Å². The molecule has 1 aromatic heterocycles. The molecule has 0 bridgehead atoms. The molecule has 2 heterocycles. The van der Waals surface area contributed by atoms with E-state index in [-0.39, 0.29) is 0 Å². The Kier molecular flexibility index (Phi) is 4.36. The Morgan fingerprint density at radius 2 is 1.92 bits per heavy atom. The molecule has 0 unspecified atom stereocenters. The van der Waals surface area contributed by atoms with Crippen LogP contribution in [0.4, 0.5) is 5.69 Å². The highest BCUT2D eigenvalue weighted by Gasteiger charge is 2.18. The largest absolute Gasteiger partial charge is 0.360 e. The molecule has 0 aliphatic carbocycles. The predicted molar refractivity (Wildman–Crippen MR) is 104 cm³/mol. The second-order valence-corrected chi connectivity index (χ2v) is 6.25. The van der Waals surface area contributed by atoms with Crippen molar-refractivity contribution in [2.75, 3.05) is 11.9 Å². The van der Waals surface area contributed by atoms with E-state index in [1.54, 1.807) is 0 Å². The number of aromatic nitrogens is 1. The molecule has 0 radical (unpaired) electrons. The lowest BCUT2D eigenvalue weighted by molar-refractivity contribution is 1.05. The fourth-order valence-electron chi connectivity index (χ4n) is 2.82. The van der Waals surface area contributed by atoms with Crippen LogP contribution in [0.15, 0.2) is 76.8 Å². The number of halogens is 1. The Morgan fingerprint density at radius 1 is 1.04 bits per heavy atom. The quantitative estimate of drug-likeness (QED) is 0.717. The Labute approximate surface area is 151 Å². The highest BCUT2D eigenvalue weighted by molar-refractivity contribution is 6.31. The van der Waals surface area contributed by atoms with Crippen molar-refractivity contribution in [1.29, 1.82) is 0 Å². The number of aliphatic imine (C=N–C) groups is 2. The molecule has 25 heavy (non-hydrogen) atoms. The van der Waals surface area contributed by atoms with Crippen LogP contribution in [-0.2, 0) is 6.54 Å². The minimum Gasteiger partial charge on any atom is -0.360 e. The van der Waals surface area contributed by atoms with Crippen LogP contribution in [0.2, 0.25) is 5.02 Å². The van der Waals surface area contributed by atoms with E-state index in [0.29, 0.717) is 18.1 Å². The van der Waals surface area contributed by atoms with E-state index < -0.39 is 0 Å². The molecule has 0 fully saturated rings. The summed E-state index contributed by atoms with van der Waals surface area (Å²) in [4.78, 5) is 12.7. The third-order valence-electron chi connectivity index (χ3n) is 4.05. The average Bonchev–Trinajstić information content (AvgIpc) is 3.10. The molecule has 5 heteroatoms. The van der Waals surface area contributed by atoms with Gasteiger partial charge in [0.15, 0.2) is 0 Å². The SMILES string of the molecule is Clc1ccc2c(c1)C(c1ccc[nH]1)=NCC(=NCc1ccccc1)N2. The van der Waals surface area contributed by atoms with E-state index in [2.05, 4.69) is 22.4 Å². The van der Waals surface area contributed by atoms with Gasteiger partial charge < -0.3 is 10.3 Å². The smallest absolute Gasteiger partial charge is 0.123 e. The summed E-state index contributed by atoms with van der Waals surface area (Å²) in [6.45, 7) is 1.12. The van der Waals surface area contributed by atoms with Gasteiger partial charge in [-0.25, -0.2) is 0 Å². The number of hydrogen-bond acceptors (Lipinski definition) is 2. The normalized spacial score (nSPS) is 15.2. The summed E-state index contributed by atoms with van der Waals surface area (Å²) < 4.78 is 0. The van der Waals surface area contributed by atoms with Crippen molar-refractivity contribution in [3.05, 3.63) is 88.7 Å². The summed E-state index contributed by atoms with van der Waals surface area (Å²) in [5.41, 5.74) is 4.96. The highest BCUT2D eigenvalue weighted by atomic mass is 35.5. The van der Waals surface area contributed by atoms with Gasteiger partial charge in [0.25, 0.3) is 0 Å². The number of anilines is 1. The van der Waals surface area contributed by atoms with Gasteiger partial charge in [0, 0.05) is 22.5 Å². The Bertz CT molecular complexity index is 928. The molecule has 2 N–H and O–H groups in total. The molecule has 124 valence electrons. The van der Waals surface area contributed by atoms with E-state index in [1.807, 2.05) is 54.7 Å². The van der Waals surface area contributed by atoms with Crippen molar-refractivity contribution in [2.24, 2.45) is 9.98 Å². The summed E-state index contributed by atoms with van der Waals surface area (Å²) in [5, 5.41) is 4.10. The van der Waals surface area contributed by atoms with E-state index in [9.17, 15) is 0 Å². The van der Waals surface area contributed by atoms with Crippen LogP contribution < -0.4 is 5.32 Å². The number of aromatic amines is 1. The summed E-state index contributed by atoms with van der Waals surface area (Å²) in [6, 6.07) is 19.9. The number of benzene rings is 2. The van der Waals surface area contributed by atoms with E-state index >= 15 is 0 Å². The monoisotopic (exact) mass is 348 g/mol. The van der Waals surface area contributed by atoms with Gasteiger partial charge in [0.05, 0.1) is 24.5 Å². The second kappa shape index (κ2) is 6.95. The van der Waals surface area contributed by atoms with Gasteiger partial charge in [-0.05, 0) is 35.9 Å². The Morgan fingerprint density at radius 3 is 2.72 bits per heavy atom. The van der Waals surface area contributed by atoms with Crippen molar-refractivity contribution in [3.63, 3.8) is 0 Å². The minimum atomic E-state index is 0.494. The number of hydrogen-bond donors (Lipinski definition) is 2. The van der Waals surface area contributed by atoms with Gasteiger partial charge in [-0.1, -0.05) is 41.9 Å². The zero-order valence-corrected chi connectivity index (χ0v) is 14.3. The standard InChI is InChI=1S/C20H17ClN4/c21-15-8-9-17-16(11-15)20(18-7-4-10-22-18)24-13-19(25-17)23-12-14-5-2-1-3-6-14/h1-11,22H,12-13H2,(H,23,25). The van der Waals surface area contributed by atoms with Crippen molar-refractivity contribution < 1.29 is 0 Å². The summed E-state index contributed by atoms with van der Waals surface area (Å²) in [7, 11) is 0. The molecule has 4 nitrogen and oxygen atoms in total. The third-order valence-corrected chi connectivity index (χ3v) is 4.29. The molecule has 2 aromatic carbocycles. The first-order valence-corrected chi connectivity index (χ1v) is 8.50. The lowest BCUT2D eigenvalue weighted by atomic mass is 10.1. The van der Waals surface area contributed by atoms with Gasteiger partial charge >= 0.3 is 0 Å². The van der Waals surface area contributed by atoms with Gasteiger partial charge in [-0.3, -0.25) is 9.98 Å². The number of amidine groups is 1. The lowest BCUT2D eigenvalue weighted by Crippen LogP contribution is -2.15. The fourth-order valence-corrected chi connectivity index (χ4v) is 3.00. The van der Waals surface area contributed by atoms with Gasteiger partial charge in [0.2, 0.25) is 0 Å². The molecule has 3 aromatic rings. The molecule has 0 saturated heterocycles. The van der Waals surface area contributed by atoms with Crippen LogP contribution in [0.5, 0.6) is 0 Å². The molecule has 0 spiro atoms. The molecule has 0 atom stereocenters. The number of nitrogens with zero attached hydrogens (tertiary/aromatic N) is 2. The first-order chi connectivity index (χ1) is 12.3. The molecular weight excluding hydrogens is 332 g/mol. The summed E-state index contributed by atoms with van der Waals surface area (Å²) in [5.74, 6) is 0.842. The van der Waals surface area contributed by atoms with Gasteiger partial charge in [-0.2, -0.15) is 0 Å². The zero-order chi connectivity index (χ0) is 17.1. The first kappa shape index (κ1) is 15.7. The number of benzodiazepines with no additional fused rings is 1. The summed E-state index contributed by atoms with van der Waals surface area (Å²) >= 11 is 6.21. The van der Waals surface area contributed by atoms with Crippen molar-refractivity contribution >= 4 is 28.8 Å². The maximum absolute atomic E-state index is 6.21. The highest BCUT2D eigenvalue weighted by Crippen LogP contribution is 2.25. The molecule has 0 amide bonds.